The highest BCUT2D eigenvalue weighted by molar-refractivity contribution is 9.10. The van der Waals surface area contributed by atoms with Gasteiger partial charge in [0.25, 0.3) is 0 Å². The van der Waals surface area contributed by atoms with Gasteiger partial charge >= 0.3 is 0 Å². The molecule has 100 valence electrons. The first-order valence-electron chi connectivity index (χ1n) is 5.84. The van der Waals surface area contributed by atoms with Gasteiger partial charge in [0.1, 0.15) is 11.6 Å². The molecule has 4 heteroatoms. The number of nitrogens with two attached hydrogens (primary N) is 1. The van der Waals surface area contributed by atoms with Crippen molar-refractivity contribution in [1.29, 1.82) is 0 Å². The number of benzene rings is 2. The first kappa shape index (κ1) is 14.2. The number of hydrogen-bond donors (Lipinski definition) is 1. The van der Waals surface area contributed by atoms with Crippen LogP contribution in [0.15, 0.2) is 40.9 Å². The molecule has 0 saturated heterocycles. The van der Waals surface area contributed by atoms with Gasteiger partial charge in [-0.1, -0.05) is 34.1 Å². The van der Waals surface area contributed by atoms with E-state index in [-0.39, 0.29) is 5.56 Å². The molecule has 0 aliphatic heterocycles. The fourth-order valence-corrected chi connectivity index (χ4v) is 2.34. The van der Waals surface area contributed by atoms with E-state index in [1.807, 2.05) is 0 Å². The summed E-state index contributed by atoms with van der Waals surface area (Å²) in [5.74, 6) is -1.22. The average molecular weight is 326 g/mol. The maximum Gasteiger partial charge on any atom is 0.134 e. The highest BCUT2D eigenvalue weighted by Crippen LogP contribution is 2.32. The molecule has 2 rings (SSSR count). The van der Waals surface area contributed by atoms with Crippen LogP contribution in [0.2, 0.25) is 0 Å². The summed E-state index contributed by atoms with van der Waals surface area (Å²) in [6.07, 6.45) is 0. The summed E-state index contributed by atoms with van der Waals surface area (Å²) in [5.41, 5.74) is 5.89. The monoisotopic (exact) mass is 325 g/mol. The third kappa shape index (κ3) is 2.55. The van der Waals surface area contributed by atoms with Crippen molar-refractivity contribution in [3.63, 3.8) is 0 Å². The molecular weight excluding hydrogens is 312 g/mol. The minimum absolute atomic E-state index is 0.102. The predicted molar refractivity (Wildman–Crippen MR) is 75.9 cm³/mol. The van der Waals surface area contributed by atoms with Crippen molar-refractivity contribution in [3.8, 4) is 0 Å². The molecule has 19 heavy (non-hydrogen) atoms. The Morgan fingerprint density at radius 3 is 2.21 bits per heavy atom. The summed E-state index contributed by atoms with van der Waals surface area (Å²) in [7, 11) is 0. The summed E-state index contributed by atoms with van der Waals surface area (Å²) in [4.78, 5) is 0. The van der Waals surface area contributed by atoms with Gasteiger partial charge < -0.3 is 5.73 Å². The Labute approximate surface area is 119 Å². The smallest absolute Gasteiger partial charge is 0.134 e. The molecule has 1 nitrogen and oxygen atoms in total. The molecule has 0 spiro atoms. The van der Waals surface area contributed by atoms with Gasteiger partial charge in [-0.2, -0.15) is 0 Å². The van der Waals surface area contributed by atoms with Crippen molar-refractivity contribution in [2.45, 2.75) is 19.4 Å². The number of halogens is 3. The van der Waals surface area contributed by atoms with E-state index in [9.17, 15) is 8.78 Å². The highest BCUT2D eigenvalue weighted by Gasteiger charge is 2.31. The van der Waals surface area contributed by atoms with Crippen LogP contribution in [0.4, 0.5) is 8.78 Å². The van der Waals surface area contributed by atoms with Crippen molar-refractivity contribution in [1.82, 2.24) is 0 Å². The molecule has 0 amide bonds. The van der Waals surface area contributed by atoms with Crippen molar-refractivity contribution < 1.29 is 8.78 Å². The number of aryl methyl sites for hydroxylation is 1. The van der Waals surface area contributed by atoms with Gasteiger partial charge in [0.2, 0.25) is 0 Å². The van der Waals surface area contributed by atoms with Crippen LogP contribution in [0, 0.1) is 18.6 Å². The van der Waals surface area contributed by atoms with Crippen LogP contribution >= 0.6 is 15.9 Å². The molecule has 0 fully saturated rings. The van der Waals surface area contributed by atoms with E-state index in [0.29, 0.717) is 11.1 Å². The summed E-state index contributed by atoms with van der Waals surface area (Å²) >= 11 is 3.32. The maximum atomic E-state index is 14.2. The first-order valence-corrected chi connectivity index (χ1v) is 6.63. The van der Waals surface area contributed by atoms with Gasteiger partial charge in [-0.3, -0.25) is 0 Å². The average Bonchev–Trinajstić information content (AvgIpc) is 2.34. The molecule has 0 heterocycles. The van der Waals surface area contributed by atoms with Crippen molar-refractivity contribution >= 4 is 15.9 Å². The van der Waals surface area contributed by atoms with Crippen LogP contribution < -0.4 is 5.73 Å². The topological polar surface area (TPSA) is 26.0 Å². The van der Waals surface area contributed by atoms with Crippen molar-refractivity contribution in [3.05, 3.63) is 69.2 Å². The van der Waals surface area contributed by atoms with E-state index in [1.54, 1.807) is 38.1 Å². The van der Waals surface area contributed by atoms with E-state index in [2.05, 4.69) is 15.9 Å². The lowest BCUT2D eigenvalue weighted by atomic mass is 9.84. The van der Waals surface area contributed by atoms with Crippen LogP contribution in [0.3, 0.4) is 0 Å². The standard InChI is InChI=1S/C15H14BrF2N/c1-9-3-8-12(17)13(14(9)18)15(2,19)10-4-6-11(16)7-5-10/h3-8H,19H2,1-2H3. The minimum atomic E-state index is -1.22. The second kappa shape index (κ2) is 5.02. The third-order valence-corrected chi connectivity index (χ3v) is 3.78. The van der Waals surface area contributed by atoms with Gasteiger partial charge in [-0.05, 0) is 43.2 Å². The van der Waals surface area contributed by atoms with Crippen molar-refractivity contribution in [2.75, 3.05) is 0 Å². The third-order valence-electron chi connectivity index (χ3n) is 3.25. The molecule has 0 aliphatic rings. The lowest BCUT2D eigenvalue weighted by molar-refractivity contribution is 0.478. The Bertz CT molecular complexity index is 606. The molecule has 0 radical (unpaired) electrons. The summed E-state index contributed by atoms with van der Waals surface area (Å²) in [6, 6.07) is 9.76. The Hall–Kier alpha value is -1.26. The Balaban J connectivity index is 2.62. The van der Waals surface area contributed by atoms with E-state index in [0.717, 1.165) is 4.47 Å². The number of rotatable bonds is 2. The summed E-state index contributed by atoms with van der Waals surface area (Å²) < 4.78 is 29.0. The zero-order valence-corrected chi connectivity index (χ0v) is 12.3. The van der Waals surface area contributed by atoms with Crippen LogP contribution in [0.1, 0.15) is 23.6 Å². The number of hydrogen-bond acceptors (Lipinski definition) is 1. The largest absolute Gasteiger partial charge is 0.318 e. The minimum Gasteiger partial charge on any atom is -0.318 e. The highest BCUT2D eigenvalue weighted by atomic mass is 79.9. The second-order valence-corrected chi connectivity index (χ2v) is 5.68. The second-order valence-electron chi connectivity index (χ2n) is 4.76. The molecule has 0 bridgehead atoms. The lowest BCUT2D eigenvalue weighted by Gasteiger charge is -2.27. The Morgan fingerprint density at radius 2 is 1.63 bits per heavy atom. The lowest BCUT2D eigenvalue weighted by Crippen LogP contribution is -2.36. The van der Waals surface area contributed by atoms with Crippen molar-refractivity contribution in [2.24, 2.45) is 5.73 Å². The molecule has 0 aromatic heterocycles. The zero-order valence-electron chi connectivity index (χ0n) is 10.7. The van der Waals surface area contributed by atoms with E-state index in [4.69, 9.17) is 5.73 Å². The van der Waals surface area contributed by atoms with Gasteiger partial charge in [0.15, 0.2) is 0 Å². The zero-order chi connectivity index (χ0) is 14.2. The normalized spacial score (nSPS) is 14.2. The molecule has 2 aromatic rings. The van der Waals surface area contributed by atoms with Gasteiger partial charge in [-0.25, -0.2) is 8.78 Å². The van der Waals surface area contributed by atoms with Crippen LogP contribution in [0.25, 0.3) is 0 Å². The van der Waals surface area contributed by atoms with E-state index < -0.39 is 17.2 Å². The Kier molecular flexibility index (Phi) is 3.74. The molecule has 0 aliphatic carbocycles. The fourth-order valence-electron chi connectivity index (χ4n) is 2.07. The summed E-state index contributed by atoms with van der Waals surface area (Å²) in [5, 5.41) is 0. The Morgan fingerprint density at radius 1 is 1.05 bits per heavy atom. The fraction of sp³-hybridized carbons (Fsp3) is 0.200. The molecule has 0 saturated carbocycles. The van der Waals surface area contributed by atoms with Gasteiger partial charge in [-0.15, -0.1) is 0 Å². The van der Waals surface area contributed by atoms with Crippen LogP contribution in [-0.2, 0) is 5.54 Å². The maximum absolute atomic E-state index is 14.2. The molecule has 1 atom stereocenters. The van der Waals surface area contributed by atoms with Gasteiger partial charge in [0.05, 0.1) is 5.54 Å². The molecule has 1 unspecified atom stereocenters. The van der Waals surface area contributed by atoms with Crippen LogP contribution in [-0.4, -0.2) is 0 Å². The van der Waals surface area contributed by atoms with E-state index >= 15 is 0 Å². The van der Waals surface area contributed by atoms with Gasteiger partial charge in [0, 0.05) is 10.0 Å². The van der Waals surface area contributed by atoms with E-state index in [1.165, 1.54) is 12.1 Å². The SMILES string of the molecule is Cc1ccc(F)c(C(C)(N)c2ccc(Br)cc2)c1F. The molecule has 2 aromatic carbocycles. The molecular formula is C15H14BrF2N. The van der Waals surface area contributed by atoms with Crippen LogP contribution in [0.5, 0.6) is 0 Å². The summed E-state index contributed by atoms with van der Waals surface area (Å²) in [6.45, 7) is 3.20. The predicted octanol–water partition coefficient (Wildman–Crippen LogP) is 4.26. The first-order chi connectivity index (χ1) is 8.84. The molecule has 2 N–H and O–H groups in total. The quantitative estimate of drug-likeness (QED) is 0.877.